The van der Waals surface area contributed by atoms with Crippen molar-refractivity contribution in [1.29, 1.82) is 0 Å². The van der Waals surface area contributed by atoms with Crippen LogP contribution in [0.5, 0.6) is 0 Å². The quantitative estimate of drug-likeness (QED) is 0.562. The lowest BCUT2D eigenvalue weighted by atomic mass is 10.00. The molecule has 0 aromatic heterocycles. The van der Waals surface area contributed by atoms with Crippen molar-refractivity contribution < 1.29 is 0 Å². The Balaban J connectivity index is 0. The zero-order valence-corrected chi connectivity index (χ0v) is 10.0. The molecule has 0 radical (unpaired) electrons. The third kappa shape index (κ3) is 2.05. The normalized spacial score (nSPS) is 17.8. The fourth-order valence-electron chi connectivity index (χ4n) is 1.57. The summed E-state index contributed by atoms with van der Waals surface area (Å²) in [6.07, 6.45) is 0. The van der Waals surface area contributed by atoms with Gasteiger partial charge in [0.1, 0.15) is 0 Å². The molecule has 0 aliphatic heterocycles. The smallest absolute Gasteiger partial charge is 0.00153 e. The first-order valence-corrected chi connectivity index (χ1v) is 3.90. The van der Waals surface area contributed by atoms with E-state index < -0.39 is 0 Å². The predicted molar refractivity (Wildman–Crippen MR) is 60.4 cm³/mol. The van der Waals surface area contributed by atoms with Crippen molar-refractivity contribution in [3.63, 3.8) is 0 Å². The highest BCUT2D eigenvalue weighted by Gasteiger charge is 2.19. The fraction of sp³-hybridized carbons (Fsp3) is 0.600. The van der Waals surface area contributed by atoms with E-state index in [0.29, 0.717) is 5.92 Å². The summed E-state index contributed by atoms with van der Waals surface area (Å²) in [5.74, 6) is 0.694. The van der Waals surface area contributed by atoms with Gasteiger partial charge in [-0.25, -0.2) is 0 Å². The van der Waals surface area contributed by atoms with E-state index in [0.717, 1.165) is 0 Å². The summed E-state index contributed by atoms with van der Waals surface area (Å²) in [6.45, 7) is 11.2. The lowest BCUT2D eigenvalue weighted by molar-refractivity contribution is 0.815. The van der Waals surface area contributed by atoms with Gasteiger partial charge in [0.2, 0.25) is 0 Å². The molecule has 0 N–H and O–H groups in total. The molecule has 0 unspecified atom stereocenters. The van der Waals surface area contributed by atoms with Crippen molar-refractivity contribution in [3.8, 4) is 0 Å². The Hall–Kier alpha value is 0.0600. The lowest BCUT2D eigenvalue weighted by Crippen LogP contribution is -1.92. The standard InChI is InChI=1S/C10H16.2ClH/c1-6-7(2)9(4)10(5)8(6)3;;/h6H,1-5H3;2*1H. The Kier molecular flexibility index (Phi) is 5.99. The molecule has 0 aromatic carbocycles. The van der Waals surface area contributed by atoms with Gasteiger partial charge in [0.15, 0.2) is 0 Å². The molecule has 0 atom stereocenters. The highest BCUT2D eigenvalue weighted by atomic mass is 35.5. The van der Waals surface area contributed by atoms with E-state index in [1.807, 2.05) is 0 Å². The molecule has 0 fully saturated rings. The Morgan fingerprint density at radius 3 is 1.08 bits per heavy atom. The highest BCUT2D eigenvalue weighted by molar-refractivity contribution is 5.85. The minimum absolute atomic E-state index is 0. The van der Waals surface area contributed by atoms with Crippen molar-refractivity contribution >= 4 is 24.8 Å². The predicted octanol–water partition coefficient (Wildman–Crippen LogP) is 4.15. The lowest BCUT2D eigenvalue weighted by Gasteiger charge is -2.05. The molecule has 72 valence electrons. The van der Waals surface area contributed by atoms with Crippen LogP contribution in [0.1, 0.15) is 34.6 Å². The summed E-state index contributed by atoms with van der Waals surface area (Å²) in [5.41, 5.74) is 6.11. The summed E-state index contributed by atoms with van der Waals surface area (Å²) in [5, 5.41) is 0. The van der Waals surface area contributed by atoms with Crippen LogP contribution in [0.4, 0.5) is 0 Å². The van der Waals surface area contributed by atoms with Gasteiger partial charge in [0, 0.05) is 0 Å². The largest absolute Gasteiger partial charge is 0.147 e. The molecule has 0 bridgehead atoms. The number of hydrogen-bond acceptors (Lipinski definition) is 0. The summed E-state index contributed by atoms with van der Waals surface area (Å²) >= 11 is 0. The average molecular weight is 209 g/mol. The van der Waals surface area contributed by atoms with Gasteiger partial charge in [-0.15, -0.1) is 24.8 Å². The second-order valence-corrected chi connectivity index (χ2v) is 3.34. The van der Waals surface area contributed by atoms with Crippen LogP contribution in [0.25, 0.3) is 0 Å². The Bertz CT molecular complexity index is 200. The summed E-state index contributed by atoms with van der Waals surface area (Å²) < 4.78 is 0. The fourth-order valence-corrected chi connectivity index (χ4v) is 1.57. The molecule has 12 heavy (non-hydrogen) atoms. The molecule has 2 heteroatoms. The third-order valence-electron chi connectivity index (χ3n) is 3.04. The highest BCUT2D eigenvalue weighted by Crippen LogP contribution is 2.35. The van der Waals surface area contributed by atoms with E-state index in [2.05, 4.69) is 34.6 Å². The van der Waals surface area contributed by atoms with Gasteiger partial charge >= 0.3 is 0 Å². The molecule has 1 rings (SSSR count). The molecule has 0 aromatic rings. The summed E-state index contributed by atoms with van der Waals surface area (Å²) in [4.78, 5) is 0. The first-order chi connectivity index (χ1) is 4.55. The van der Waals surface area contributed by atoms with Crippen LogP contribution in [-0.4, -0.2) is 0 Å². The zero-order chi connectivity index (χ0) is 7.89. The maximum Gasteiger partial charge on any atom is -0.00153 e. The first-order valence-electron chi connectivity index (χ1n) is 3.90. The van der Waals surface area contributed by atoms with Crippen LogP contribution in [0.2, 0.25) is 0 Å². The maximum atomic E-state index is 2.28. The average Bonchev–Trinajstić information content (AvgIpc) is 2.07. The number of rotatable bonds is 0. The van der Waals surface area contributed by atoms with Crippen LogP contribution >= 0.6 is 24.8 Å². The molecule has 0 heterocycles. The van der Waals surface area contributed by atoms with Crippen LogP contribution in [0, 0.1) is 5.92 Å². The van der Waals surface area contributed by atoms with Crippen molar-refractivity contribution in [2.24, 2.45) is 5.92 Å². The molecule has 0 spiro atoms. The molecular weight excluding hydrogens is 191 g/mol. The van der Waals surface area contributed by atoms with E-state index in [1.54, 1.807) is 11.1 Å². The topological polar surface area (TPSA) is 0 Å². The molecular formula is C10H18Cl2. The van der Waals surface area contributed by atoms with E-state index >= 15 is 0 Å². The molecule has 0 saturated carbocycles. The molecule has 1 aliphatic rings. The first kappa shape index (κ1) is 14.6. The number of halogens is 2. The van der Waals surface area contributed by atoms with E-state index in [-0.39, 0.29) is 24.8 Å². The van der Waals surface area contributed by atoms with Crippen molar-refractivity contribution in [3.05, 3.63) is 22.3 Å². The van der Waals surface area contributed by atoms with E-state index in [9.17, 15) is 0 Å². The van der Waals surface area contributed by atoms with Gasteiger partial charge in [-0.3, -0.25) is 0 Å². The van der Waals surface area contributed by atoms with Gasteiger partial charge in [0.05, 0.1) is 0 Å². The van der Waals surface area contributed by atoms with Gasteiger partial charge in [-0.1, -0.05) is 18.1 Å². The minimum atomic E-state index is 0. The van der Waals surface area contributed by atoms with E-state index in [1.165, 1.54) is 11.1 Å². The van der Waals surface area contributed by atoms with Crippen LogP contribution < -0.4 is 0 Å². The monoisotopic (exact) mass is 208 g/mol. The van der Waals surface area contributed by atoms with E-state index in [4.69, 9.17) is 0 Å². The molecule has 0 amide bonds. The van der Waals surface area contributed by atoms with Crippen molar-refractivity contribution in [2.75, 3.05) is 0 Å². The Labute approximate surface area is 87.9 Å². The third-order valence-corrected chi connectivity index (χ3v) is 3.04. The molecule has 1 aliphatic carbocycles. The second kappa shape index (κ2) is 4.94. The van der Waals surface area contributed by atoms with Gasteiger partial charge in [-0.2, -0.15) is 0 Å². The second-order valence-electron chi connectivity index (χ2n) is 3.34. The maximum absolute atomic E-state index is 2.28. The SMILES string of the molecule is CC1=C(C)C(C)C(C)=C1C.Cl.Cl. The Morgan fingerprint density at radius 1 is 0.750 bits per heavy atom. The summed E-state index contributed by atoms with van der Waals surface area (Å²) in [6, 6.07) is 0. The summed E-state index contributed by atoms with van der Waals surface area (Å²) in [7, 11) is 0. The Morgan fingerprint density at radius 2 is 1.00 bits per heavy atom. The van der Waals surface area contributed by atoms with Crippen molar-refractivity contribution in [1.82, 2.24) is 0 Å². The zero-order valence-electron chi connectivity index (χ0n) is 8.39. The van der Waals surface area contributed by atoms with Gasteiger partial charge < -0.3 is 0 Å². The van der Waals surface area contributed by atoms with Crippen LogP contribution in [0.3, 0.4) is 0 Å². The van der Waals surface area contributed by atoms with Crippen molar-refractivity contribution in [2.45, 2.75) is 34.6 Å². The minimum Gasteiger partial charge on any atom is -0.147 e. The number of hydrogen-bond donors (Lipinski definition) is 0. The van der Waals surface area contributed by atoms with Crippen LogP contribution in [-0.2, 0) is 0 Å². The van der Waals surface area contributed by atoms with Crippen LogP contribution in [0.15, 0.2) is 22.3 Å². The number of allylic oxidation sites excluding steroid dienone is 4. The van der Waals surface area contributed by atoms with Gasteiger partial charge in [0.25, 0.3) is 0 Å². The molecule has 0 nitrogen and oxygen atoms in total. The molecule has 0 saturated heterocycles. The van der Waals surface area contributed by atoms with Gasteiger partial charge in [-0.05, 0) is 44.8 Å².